The first kappa shape index (κ1) is 16.3. The molecule has 1 fully saturated rings. The summed E-state index contributed by atoms with van der Waals surface area (Å²) < 4.78 is 10.2. The molecule has 6 heteroatoms. The van der Waals surface area contributed by atoms with Crippen molar-refractivity contribution in [2.24, 2.45) is 7.05 Å². The van der Waals surface area contributed by atoms with Crippen molar-refractivity contribution in [3.05, 3.63) is 48.0 Å². The summed E-state index contributed by atoms with van der Waals surface area (Å²) in [5, 5.41) is 8.07. The molecule has 0 aliphatic carbocycles. The Kier molecular flexibility index (Phi) is 4.55. The summed E-state index contributed by atoms with van der Waals surface area (Å²) in [6.07, 6.45) is 6.27. The second-order valence-electron chi connectivity index (χ2n) is 6.63. The second kappa shape index (κ2) is 6.98. The molecule has 4 rings (SSSR count). The number of para-hydroxylation sites is 2. The fourth-order valence-corrected chi connectivity index (χ4v) is 3.59. The van der Waals surface area contributed by atoms with Crippen molar-refractivity contribution in [2.75, 3.05) is 6.61 Å². The zero-order valence-electron chi connectivity index (χ0n) is 14.9. The van der Waals surface area contributed by atoms with Gasteiger partial charge in [0.1, 0.15) is 11.9 Å². The molecule has 6 nitrogen and oxygen atoms in total. The molecule has 0 radical (unpaired) electrons. The predicted molar refractivity (Wildman–Crippen MR) is 97.2 cm³/mol. The summed E-state index contributed by atoms with van der Waals surface area (Å²) in [6.45, 7) is 4.52. The Morgan fingerprint density at radius 1 is 1.32 bits per heavy atom. The van der Waals surface area contributed by atoms with E-state index in [1.165, 1.54) is 5.52 Å². The lowest BCUT2D eigenvalue weighted by Crippen LogP contribution is -2.39. The van der Waals surface area contributed by atoms with Crippen LogP contribution in [-0.4, -0.2) is 32.0 Å². The zero-order valence-corrected chi connectivity index (χ0v) is 14.9. The highest BCUT2D eigenvalue weighted by atomic mass is 16.5. The summed E-state index contributed by atoms with van der Waals surface area (Å²) in [7, 11) is 2.08. The molecule has 3 heterocycles. The van der Waals surface area contributed by atoms with Crippen LogP contribution in [0.2, 0.25) is 0 Å². The lowest BCUT2D eigenvalue weighted by atomic mass is 9.98. The molecular weight excluding hydrogens is 314 g/mol. The van der Waals surface area contributed by atoms with Crippen molar-refractivity contribution in [1.82, 2.24) is 24.6 Å². The van der Waals surface area contributed by atoms with Gasteiger partial charge in [-0.3, -0.25) is 4.68 Å². The molecule has 0 amide bonds. The van der Waals surface area contributed by atoms with Crippen LogP contribution in [0.1, 0.15) is 37.3 Å². The maximum Gasteiger partial charge on any atom is 0.123 e. The predicted octanol–water partition coefficient (Wildman–Crippen LogP) is 2.80. The lowest BCUT2D eigenvalue weighted by molar-refractivity contribution is -0.0114. The van der Waals surface area contributed by atoms with E-state index in [1.54, 1.807) is 0 Å². The molecule has 1 N–H and O–H groups in total. The standard InChI is InChI=1S/C19H25N5O/c1-3-24-13-14(11-21-24)19-16(8-6-10-25-19)20-12-18-22-15-7-4-5-9-17(15)23(18)2/h4-5,7,9,11,13,16,19-20H,3,6,8,10,12H2,1-2H3/t16-,19+/m0/s1. The fraction of sp³-hybridized carbons (Fsp3) is 0.474. The van der Waals surface area contributed by atoms with Crippen molar-refractivity contribution < 1.29 is 4.74 Å². The highest BCUT2D eigenvalue weighted by Crippen LogP contribution is 2.28. The molecule has 1 aliphatic rings. The third-order valence-corrected chi connectivity index (χ3v) is 5.03. The first-order chi connectivity index (χ1) is 12.3. The van der Waals surface area contributed by atoms with Crippen molar-refractivity contribution in [2.45, 2.75) is 45.0 Å². The number of aromatic nitrogens is 4. The number of benzene rings is 1. The van der Waals surface area contributed by atoms with Crippen molar-refractivity contribution >= 4 is 11.0 Å². The van der Waals surface area contributed by atoms with E-state index in [0.29, 0.717) is 0 Å². The van der Waals surface area contributed by atoms with Crippen LogP contribution in [-0.2, 0) is 24.9 Å². The number of aryl methyl sites for hydroxylation is 2. The number of hydrogen-bond acceptors (Lipinski definition) is 4. The van der Waals surface area contributed by atoms with E-state index < -0.39 is 0 Å². The van der Waals surface area contributed by atoms with Crippen LogP contribution in [0.3, 0.4) is 0 Å². The topological polar surface area (TPSA) is 56.9 Å². The van der Waals surface area contributed by atoms with Crippen LogP contribution in [0.4, 0.5) is 0 Å². The van der Waals surface area contributed by atoms with E-state index >= 15 is 0 Å². The Bertz CT molecular complexity index is 852. The van der Waals surface area contributed by atoms with Crippen LogP contribution < -0.4 is 5.32 Å². The average molecular weight is 339 g/mol. The van der Waals surface area contributed by atoms with Gasteiger partial charge in [-0.15, -0.1) is 0 Å². The summed E-state index contributed by atoms with van der Waals surface area (Å²) in [6, 6.07) is 8.53. The Morgan fingerprint density at radius 2 is 2.20 bits per heavy atom. The highest BCUT2D eigenvalue weighted by molar-refractivity contribution is 5.75. The van der Waals surface area contributed by atoms with Gasteiger partial charge in [-0.25, -0.2) is 4.98 Å². The van der Waals surface area contributed by atoms with E-state index in [2.05, 4.69) is 53.3 Å². The summed E-state index contributed by atoms with van der Waals surface area (Å²) in [5.41, 5.74) is 3.37. The van der Waals surface area contributed by atoms with Crippen LogP contribution in [0, 0.1) is 0 Å². The lowest BCUT2D eigenvalue weighted by Gasteiger charge is -2.32. The Balaban J connectivity index is 1.50. The molecule has 1 saturated heterocycles. The van der Waals surface area contributed by atoms with Crippen molar-refractivity contribution in [1.29, 1.82) is 0 Å². The molecular formula is C19H25N5O. The summed E-state index contributed by atoms with van der Waals surface area (Å²) >= 11 is 0. The Hall–Kier alpha value is -2.18. The molecule has 25 heavy (non-hydrogen) atoms. The molecule has 0 bridgehead atoms. The molecule has 0 unspecified atom stereocenters. The van der Waals surface area contributed by atoms with Gasteiger partial charge in [-0.1, -0.05) is 12.1 Å². The van der Waals surface area contributed by atoms with E-state index in [4.69, 9.17) is 9.72 Å². The molecule has 1 aliphatic heterocycles. The summed E-state index contributed by atoms with van der Waals surface area (Å²) in [4.78, 5) is 4.76. The average Bonchev–Trinajstić information content (AvgIpc) is 3.25. The minimum Gasteiger partial charge on any atom is -0.372 e. The van der Waals surface area contributed by atoms with Crippen molar-refractivity contribution in [3.8, 4) is 0 Å². The quantitative estimate of drug-likeness (QED) is 0.777. The maximum absolute atomic E-state index is 6.07. The number of nitrogens with one attached hydrogen (secondary N) is 1. The number of fused-ring (bicyclic) bond motifs is 1. The van der Waals surface area contributed by atoms with Crippen LogP contribution in [0.5, 0.6) is 0 Å². The van der Waals surface area contributed by atoms with Gasteiger partial charge in [0, 0.05) is 38.0 Å². The first-order valence-electron chi connectivity index (χ1n) is 9.04. The van der Waals surface area contributed by atoms with Crippen LogP contribution >= 0.6 is 0 Å². The summed E-state index contributed by atoms with van der Waals surface area (Å²) in [5.74, 6) is 1.05. The van der Waals surface area contributed by atoms with E-state index in [9.17, 15) is 0 Å². The molecule has 132 valence electrons. The highest BCUT2D eigenvalue weighted by Gasteiger charge is 2.28. The number of hydrogen-bond donors (Lipinski definition) is 1. The largest absolute Gasteiger partial charge is 0.372 e. The Morgan fingerprint density at radius 3 is 3.00 bits per heavy atom. The van der Waals surface area contributed by atoms with E-state index in [0.717, 1.165) is 49.4 Å². The van der Waals surface area contributed by atoms with Gasteiger partial charge >= 0.3 is 0 Å². The van der Waals surface area contributed by atoms with Gasteiger partial charge in [-0.05, 0) is 31.9 Å². The SMILES string of the molecule is CCn1cc([C@H]2OCCC[C@@H]2NCc2nc3ccccc3n2C)cn1. The molecule has 1 aromatic carbocycles. The number of imidazole rings is 1. The fourth-order valence-electron chi connectivity index (χ4n) is 3.59. The molecule has 2 atom stereocenters. The normalized spacial score (nSPS) is 21.0. The minimum atomic E-state index is 0.0590. The number of nitrogens with zero attached hydrogens (tertiary/aromatic N) is 4. The maximum atomic E-state index is 6.07. The van der Waals surface area contributed by atoms with Gasteiger partial charge < -0.3 is 14.6 Å². The number of rotatable bonds is 5. The molecule has 2 aromatic heterocycles. The van der Waals surface area contributed by atoms with Gasteiger partial charge in [-0.2, -0.15) is 5.10 Å². The van der Waals surface area contributed by atoms with Gasteiger partial charge in [0.25, 0.3) is 0 Å². The first-order valence-corrected chi connectivity index (χ1v) is 9.04. The van der Waals surface area contributed by atoms with Crippen LogP contribution in [0.25, 0.3) is 11.0 Å². The van der Waals surface area contributed by atoms with E-state index in [-0.39, 0.29) is 12.1 Å². The van der Waals surface area contributed by atoms with Gasteiger partial charge in [0.2, 0.25) is 0 Å². The third kappa shape index (κ3) is 3.19. The zero-order chi connectivity index (χ0) is 17.2. The molecule has 0 saturated carbocycles. The second-order valence-corrected chi connectivity index (χ2v) is 6.63. The minimum absolute atomic E-state index is 0.0590. The third-order valence-electron chi connectivity index (χ3n) is 5.03. The van der Waals surface area contributed by atoms with Crippen molar-refractivity contribution in [3.63, 3.8) is 0 Å². The monoisotopic (exact) mass is 339 g/mol. The molecule has 3 aromatic rings. The smallest absolute Gasteiger partial charge is 0.123 e. The Labute approximate surface area is 147 Å². The van der Waals surface area contributed by atoms with Gasteiger partial charge in [0.05, 0.1) is 23.8 Å². The number of ether oxygens (including phenoxy) is 1. The van der Waals surface area contributed by atoms with Crippen LogP contribution in [0.15, 0.2) is 36.7 Å². The van der Waals surface area contributed by atoms with E-state index in [1.807, 2.05) is 16.9 Å². The molecule has 0 spiro atoms. The van der Waals surface area contributed by atoms with Gasteiger partial charge in [0.15, 0.2) is 0 Å².